The van der Waals surface area contributed by atoms with Gasteiger partial charge in [0, 0.05) is 23.4 Å². The second-order valence-corrected chi connectivity index (χ2v) is 10.6. The van der Waals surface area contributed by atoms with E-state index in [4.69, 9.17) is 4.74 Å². The molecule has 6 rings (SSSR count). The van der Waals surface area contributed by atoms with Crippen molar-refractivity contribution in [2.24, 2.45) is 0 Å². The highest BCUT2D eigenvalue weighted by Crippen LogP contribution is 2.32. The van der Waals surface area contributed by atoms with E-state index in [9.17, 15) is 13.2 Å². The zero-order chi connectivity index (χ0) is 23.4. The molecule has 1 aliphatic carbocycles. The lowest BCUT2D eigenvalue weighted by Crippen LogP contribution is -2.26. The van der Waals surface area contributed by atoms with Gasteiger partial charge in [-0.1, -0.05) is 18.2 Å². The second kappa shape index (κ2) is 7.70. The maximum absolute atomic E-state index is 13.3. The molecular formula is C26H23N3O4S. The summed E-state index contributed by atoms with van der Waals surface area (Å²) in [6.07, 6.45) is 4.32. The first-order chi connectivity index (χ1) is 16.4. The number of amides is 1. The van der Waals surface area contributed by atoms with E-state index in [-0.39, 0.29) is 16.8 Å². The Hall–Kier alpha value is -3.65. The number of hydrogen-bond donors (Lipinski definition) is 1. The van der Waals surface area contributed by atoms with Gasteiger partial charge in [-0.2, -0.15) is 17.6 Å². The third-order valence-electron chi connectivity index (χ3n) is 6.52. The molecule has 0 radical (unpaired) electrons. The van der Waals surface area contributed by atoms with E-state index in [2.05, 4.69) is 10.4 Å². The van der Waals surface area contributed by atoms with Crippen LogP contribution < -0.4 is 10.1 Å². The smallest absolute Gasteiger partial charge is 0.283 e. The molecule has 0 spiro atoms. The van der Waals surface area contributed by atoms with Crippen molar-refractivity contribution < 1.29 is 17.9 Å². The van der Waals surface area contributed by atoms with Crippen molar-refractivity contribution in [3.8, 4) is 16.9 Å². The number of nitrogens with one attached hydrogen (secondary N) is 1. The van der Waals surface area contributed by atoms with Gasteiger partial charge in [0.15, 0.2) is 0 Å². The van der Waals surface area contributed by atoms with Gasteiger partial charge in [-0.25, -0.2) is 0 Å². The van der Waals surface area contributed by atoms with Crippen LogP contribution >= 0.6 is 0 Å². The highest BCUT2D eigenvalue weighted by atomic mass is 32.2. The van der Waals surface area contributed by atoms with Gasteiger partial charge in [0.05, 0.1) is 23.2 Å². The van der Waals surface area contributed by atoms with Crippen LogP contribution in [0.15, 0.2) is 65.7 Å². The third-order valence-corrected chi connectivity index (χ3v) is 8.12. The first kappa shape index (κ1) is 20.9. The third kappa shape index (κ3) is 3.45. The average Bonchev–Trinajstić information content (AvgIpc) is 3.34. The Morgan fingerprint density at radius 1 is 1.12 bits per heavy atom. The van der Waals surface area contributed by atoms with Gasteiger partial charge in [-0.3, -0.25) is 4.79 Å². The van der Waals surface area contributed by atoms with Crippen LogP contribution in [-0.2, 0) is 16.4 Å². The minimum Gasteiger partial charge on any atom is -0.493 e. The zero-order valence-corrected chi connectivity index (χ0v) is 19.4. The molecule has 0 atom stereocenters. The first-order valence-electron chi connectivity index (χ1n) is 11.3. The summed E-state index contributed by atoms with van der Waals surface area (Å²) in [7, 11) is -3.86. The molecule has 0 bridgehead atoms. The van der Waals surface area contributed by atoms with E-state index in [0.717, 1.165) is 44.9 Å². The zero-order valence-electron chi connectivity index (χ0n) is 18.6. The summed E-state index contributed by atoms with van der Waals surface area (Å²) in [6, 6.07) is 16.4. The number of fused-ring (bicyclic) bond motifs is 2. The molecule has 4 aromatic rings. The minimum atomic E-state index is -3.86. The summed E-state index contributed by atoms with van der Waals surface area (Å²) < 4.78 is 33.3. The molecule has 34 heavy (non-hydrogen) atoms. The number of nitrogens with zero attached hydrogens (tertiary/aromatic N) is 2. The molecule has 7 nitrogen and oxygen atoms in total. The number of hydrogen-bond acceptors (Lipinski definition) is 5. The molecule has 8 heteroatoms. The molecule has 1 amide bonds. The highest BCUT2D eigenvalue weighted by molar-refractivity contribution is 7.90. The van der Waals surface area contributed by atoms with Crippen LogP contribution in [0, 0.1) is 6.92 Å². The van der Waals surface area contributed by atoms with E-state index in [1.165, 1.54) is 0 Å². The normalized spacial score (nSPS) is 15.2. The molecular weight excluding hydrogens is 450 g/mol. The predicted octanol–water partition coefficient (Wildman–Crippen LogP) is 4.08. The van der Waals surface area contributed by atoms with Crippen molar-refractivity contribution in [2.45, 2.75) is 37.1 Å². The van der Waals surface area contributed by atoms with Crippen molar-refractivity contribution in [3.05, 3.63) is 77.5 Å². The van der Waals surface area contributed by atoms with Crippen LogP contribution in [0.4, 0.5) is 0 Å². The van der Waals surface area contributed by atoms with E-state index in [1.54, 1.807) is 30.5 Å². The van der Waals surface area contributed by atoms with Crippen molar-refractivity contribution in [2.75, 3.05) is 6.61 Å². The summed E-state index contributed by atoms with van der Waals surface area (Å²) in [5.74, 6) is 0.680. The summed E-state index contributed by atoms with van der Waals surface area (Å²) >= 11 is 0. The Morgan fingerprint density at radius 2 is 1.97 bits per heavy atom. The molecule has 2 heterocycles. The standard InChI is InChI=1S/C26H23N3O4S/c1-16-22(3-2-4-23(16)26(30)28-20-6-7-20)17-5-9-24-19(13-17)15-27-29(24)34(31,32)21-8-10-25-18(14-21)11-12-33-25/h2-5,8-10,13-15,20H,6-7,11-12H2,1H3,(H,28,30). The number of aromatic nitrogens is 2. The Balaban J connectivity index is 1.37. The van der Waals surface area contributed by atoms with Crippen LogP contribution in [0.25, 0.3) is 22.0 Å². The number of benzene rings is 3. The SMILES string of the molecule is Cc1c(C(=O)NC2CC2)cccc1-c1ccc2c(cnn2S(=O)(=O)c2ccc3c(c2)CCO3)c1. The summed E-state index contributed by atoms with van der Waals surface area (Å²) in [5.41, 5.74) is 4.77. The lowest BCUT2D eigenvalue weighted by molar-refractivity contribution is 0.0950. The van der Waals surface area contributed by atoms with E-state index in [0.29, 0.717) is 29.5 Å². The van der Waals surface area contributed by atoms with Crippen LogP contribution in [0.5, 0.6) is 5.75 Å². The summed E-state index contributed by atoms with van der Waals surface area (Å²) in [5, 5.41) is 7.96. The monoisotopic (exact) mass is 473 g/mol. The number of rotatable bonds is 5. The van der Waals surface area contributed by atoms with Crippen LogP contribution in [-0.4, -0.2) is 36.2 Å². The number of ether oxygens (including phenoxy) is 1. The number of carbonyl (C=O) groups is 1. The Kier molecular flexibility index (Phi) is 4.74. The Morgan fingerprint density at radius 3 is 2.79 bits per heavy atom. The molecule has 0 unspecified atom stereocenters. The van der Waals surface area contributed by atoms with Gasteiger partial charge in [-0.05, 0) is 78.4 Å². The fourth-order valence-corrected chi connectivity index (χ4v) is 5.80. The van der Waals surface area contributed by atoms with Gasteiger partial charge in [0.1, 0.15) is 5.75 Å². The predicted molar refractivity (Wildman–Crippen MR) is 129 cm³/mol. The molecule has 1 saturated carbocycles. The van der Waals surface area contributed by atoms with E-state index < -0.39 is 10.0 Å². The van der Waals surface area contributed by atoms with E-state index >= 15 is 0 Å². The second-order valence-electron chi connectivity index (χ2n) is 8.86. The molecule has 1 aromatic heterocycles. The lowest BCUT2D eigenvalue weighted by atomic mass is 9.95. The number of carbonyl (C=O) groups excluding carboxylic acids is 1. The molecule has 0 saturated heterocycles. The largest absolute Gasteiger partial charge is 0.493 e. The minimum absolute atomic E-state index is 0.0541. The molecule has 3 aromatic carbocycles. The van der Waals surface area contributed by atoms with Gasteiger partial charge < -0.3 is 10.1 Å². The topological polar surface area (TPSA) is 90.3 Å². The molecule has 1 N–H and O–H groups in total. The van der Waals surface area contributed by atoms with Crippen LogP contribution in [0.1, 0.15) is 34.3 Å². The van der Waals surface area contributed by atoms with Crippen LogP contribution in [0.2, 0.25) is 0 Å². The van der Waals surface area contributed by atoms with Gasteiger partial charge in [-0.15, -0.1) is 0 Å². The fourth-order valence-electron chi connectivity index (χ4n) is 4.48. The molecule has 172 valence electrons. The maximum Gasteiger partial charge on any atom is 0.283 e. The van der Waals surface area contributed by atoms with Gasteiger partial charge in [0.25, 0.3) is 15.9 Å². The summed E-state index contributed by atoms with van der Waals surface area (Å²) in [4.78, 5) is 12.8. The van der Waals surface area contributed by atoms with Gasteiger partial charge >= 0.3 is 0 Å². The fraction of sp³-hybridized carbons (Fsp3) is 0.231. The van der Waals surface area contributed by atoms with Crippen LogP contribution in [0.3, 0.4) is 0 Å². The van der Waals surface area contributed by atoms with Gasteiger partial charge in [0.2, 0.25) is 0 Å². The highest BCUT2D eigenvalue weighted by Gasteiger charge is 2.26. The van der Waals surface area contributed by atoms with Crippen molar-refractivity contribution in [1.82, 2.24) is 14.5 Å². The maximum atomic E-state index is 13.3. The lowest BCUT2D eigenvalue weighted by Gasteiger charge is -2.12. The summed E-state index contributed by atoms with van der Waals surface area (Å²) in [6.45, 7) is 2.50. The van der Waals surface area contributed by atoms with Crippen molar-refractivity contribution in [1.29, 1.82) is 0 Å². The first-order valence-corrected chi connectivity index (χ1v) is 12.8. The molecule has 2 aliphatic rings. The quantitative estimate of drug-likeness (QED) is 0.472. The Bertz CT molecular complexity index is 1570. The van der Waals surface area contributed by atoms with Crippen molar-refractivity contribution >= 4 is 26.8 Å². The average molecular weight is 474 g/mol. The van der Waals surface area contributed by atoms with Crippen molar-refractivity contribution in [3.63, 3.8) is 0 Å². The Labute approximate surface area is 197 Å². The van der Waals surface area contributed by atoms with E-state index in [1.807, 2.05) is 37.3 Å². The molecule has 1 fully saturated rings. The molecule has 1 aliphatic heterocycles.